The molecule has 0 atom stereocenters. The lowest BCUT2D eigenvalue weighted by Crippen LogP contribution is -2.04. The van der Waals surface area contributed by atoms with Crippen LogP contribution in [0.1, 0.15) is 51.9 Å². The quantitative estimate of drug-likeness (QED) is 0.572. The van der Waals surface area contributed by atoms with Crippen molar-refractivity contribution in [2.24, 2.45) is 0 Å². The number of hydrogen-bond donors (Lipinski definition) is 1. The van der Waals surface area contributed by atoms with E-state index in [1.807, 2.05) is 6.07 Å². The van der Waals surface area contributed by atoms with E-state index in [0.29, 0.717) is 5.69 Å². The minimum atomic E-state index is -0.188. The normalized spacial score (nSPS) is 10.6. The molecule has 0 unspecified atom stereocenters. The summed E-state index contributed by atoms with van der Waals surface area (Å²) in [7, 11) is 0. The van der Waals surface area contributed by atoms with Crippen LogP contribution in [0.2, 0.25) is 0 Å². The fourth-order valence-corrected chi connectivity index (χ4v) is 2.44. The second kappa shape index (κ2) is 9.37. The Morgan fingerprint density at radius 3 is 2.39 bits per heavy atom. The molecule has 0 saturated carbocycles. The molecule has 0 fully saturated rings. The molecule has 3 heteroatoms. The first kappa shape index (κ1) is 15.5. The molecule has 0 amide bonds. The van der Waals surface area contributed by atoms with Gasteiger partial charge in [0.15, 0.2) is 0 Å². The van der Waals surface area contributed by atoms with Gasteiger partial charge in [-0.25, -0.2) is 4.39 Å². The largest absolute Gasteiger partial charge is 0.382 e. The van der Waals surface area contributed by atoms with Crippen LogP contribution in [0.3, 0.4) is 0 Å². The van der Waals surface area contributed by atoms with Crippen LogP contribution in [-0.2, 0) is 0 Å². The fourth-order valence-electron chi connectivity index (χ4n) is 1.96. The molecule has 0 spiro atoms. The van der Waals surface area contributed by atoms with E-state index in [-0.39, 0.29) is 5.82 Å². The molecule has 0 aliphatic rings. The van der Waals surface area contributed by atoms with E-state index in [0.717, 1.165) is 17.4 Å². The second-order valence-electron chi connectivity index (χ2n) is 4.64. The van der Waals surface area contributed by atoms with Gasteiger partial charge in [0.1, 0.15) is 5.82 Å². The maximum atomic E-state index is 13.5. The van der Waals surface area contributed by atoms with Crippen LogP contribution in [0.15, 0.2) is 22.7 Å². The Kier molecular flexibility index (Phi) is 8.06. The third kappa shape index (κ3) is 5.85. The average molecular weight is 316 g/mol. The Morgan fingerprint density at radius 2 is 1.72 bits per heavy atom. The summed E-state index contributed by atoms with van der Waals surface area (Å²) in [5.74, 6) is -0.188. The molecule has 0 bridgehead atoms. The standard InChI is InChI=1S/C15H23BrFN/c1-2-3-4-5-6-7-8-12-18-15-13(16)10-9-11-14(15)17/h9-11,18H,2-8,12H2,1H3. The van der Waals surface area contributed by atoms with E-state index in [2.05, 4.69) is 28.2 Å². The highest BCUT2D eigenvalue weighted by atomic mass is 79.9. The van der Waals surface area contributed by atoms with E-state index >= 15 is 0 Å². The first-order chi connectivity index (χ1) is 8.75. The molecule has 0 aliphatic carbocycles. The van der Waals surface area contributed by atoms with Gasteiger partial charge in [0, 0.05) is 11.0 Å². The van der Waals surface area contributed by atoms with Crippen LogP contribution < -0.4 is 5.32 Å². The van der Waals surface area contributed by atoms with Crippen LogP contribution in [0.5, 0.6) is 0 Å². The topological polar surface area (TPSA) is 12.0 Å². The molecule has 0 radical (unpaired) electrons. The van der Waals surface area contributed by atoms with Gasteiger partial charge in [-0.1, -0.05) is 51.5 Å². The summed E-state index contributed by atoms with van der Waals surface area (Å²) in [6.45, 7) is 3.07. The third-order valence-electron chi connectivity index (χ3n) is 3.04. The SMILES string of the molecule is CCCCCCCCCNc1c(F)cccc1Br. The zero-order chi connectivity index (χ0) is 13.2. The maximum absolute atomic E-state index is 13.5. The van der Waals surface area contributed by atoms with E-state index < -0.39 is 0 Å². The van der Waals surface area contributed by atoms with Crippen LogP contribution in [0, 0.1) is 5.82 Å². The average Bonchev–Trinajstić information content (AvgIpc) is 2.35. The number of nitrogens with one attached hydrogen (secondary N) is 1. The van der Waals surface area contributed by atoms with Crippen molar-refractivity contribution in [3.05, 3.63) is 28.5 Å². The molecular weight excluding hydrogens is 293 g/mol. The van der Waals surface area contributed by atoms with Crippen molar-refractivity contribution >= 4 is 21.6 Å². The first-order valence-corrected chi connectivity index (χ1v) is 7.73. The highest BCUT2D eigenvalue weighted by molar-refractivity contribution is 9.10. The van der Waals surface area contributed by atoms with Crippen LogP contribution >= 0.6 is 15.9 Å². The summed E-state index contributed by atoms with van der Waals surface area (Å²) >= 11 is 3.36. The summed E-state index contributed by atoms with van der Waals surface area (Å²) in [5.41, 5.74) is 0.587. The monoisotopic (exact) mass is 315 g/mol. The zero-order valence-corrected chi connectivity index (χ0v) is 12.7. The lowest BCUT2D eigenvalue weighted by molar-refractivity contribution is 0.594. The number of unbranched alkanes of at least 4 members (excludes halogenated alkanes) is 6. The van der Waals surface area contributed by atoms with E-state index in [1.165, 1.54) is 44.6 Å². The van der Waals surface area contributed by atoms with E-state index in [9.17, 15) is 4.39 Å². The summed E-state index contributed by atoms with van der Waals surface area (Å²) in [6.07, 6.45) is 8.94. The van der Waals surface area contributed by atoms with Gasteiger partial charge in [-0.2, -0.15) is 0 Å². The predicted molar refractivity (Wildman–Crippen MR) is 80.6 cm³/mol. The van der Waals surface area contributed by atoms with Gasteiger partial charge in [-0.3, -0.25) is 0 Å². The van der Waals surface area contributed by atoms with Crippen LogP contribution in [-0.4, -0.2) is 6.54 Å². The van der Waals surface area contributed by atoms with E-state index in [1.54, 1.807) is 6.07 Å². The van der Waals surface area contributed by atoms with Crippen molar-refractivity contribution in [2.45, 2.75) is 51.9 Å². The molecular formula is C15H23BrFN. The highest BCUT2D eigenvalue weighted by Crippen LogP contribution is 2.25. The molecule has 18 heavy (non-hydrogen) atoms. The molecule has 1 rings (SSSR count). The Balaban J connectivity index is 2.11. The molecule has 0 saturated heterocycles. The number of anilines is 1. The predicted octanol–water partition coefficient (Wildman–Crippen LogP) is 5.75. The van der Waals surface area contributed by atoms with Gasteiger partial charge in [0.2, 0.25) is 0 Å². The fraction of sp³-hybridized carbons (Fsp3) is 0.600. The van der Waals surface area contributed by atoms with Crippen LogP contribution in [0.4, 0.5) is 10.1 Å². The van der Waals surface area contributed by atoms with Crippen molar-refractivity contribution < 1.29 is 4.39 Å². The Labute approximate surface area is 118 Å². The number of halogens is 2. The van der Waals surface area contributed by atoms with Gasteiger partial charge in [-0.05, 0) is 34.5 Å². The van der Waals surface area contributed by atoms with Gasteiger partial charge in [0.25, 0.3) is 0 Å². The minimum Gasteiger partial charge on any atom is -0.382 e. The number of rotatable bonds is 9. The summed E-state index contributed by atoms with van der Waals surface area (Å²) in [4.78, 5) is 0. The molecule has 0 heterocycles. The van der Waals surface area contributed by atoms with Crippen molar-refractivity contribution in [2.75, 3.05) is 11.9 Å². The molecule has 102 valence electrons. The van der Waals surface area contributed by atoms with E-state index in [4.69, 9.17) is 0 Å². The summed E-state index contributed by atoms with van der Waals surface area (Å²) in [6, 6.07) is 5.05. The molecule has 0 aromatic heterocycles. The van der Waals surface area contributed by atoms with Gasteiger partial charge in [0.05, 0.1) is 5.69 Å². The number of para-hydroxylation sites is 1. The van der Waals surface area contributed by atoms with Crippen molar-refractivity contribution in [1.82, 2.24) is 0 Å². The number of benzene rings is 1. The molecule has 1 aromatic rings. The lowest BCUT2D eigenvalue weighted by Gasteiger charge is -2.09. The minimum absolute atomic E-state index is 0.188. The second-order valence-corrected chi connectivity index (χ2v) is 5.50. The molecule has 1 aromatic carbocycles. The first-order valence-electron chi connectivity index (χ1n) is 6.93. The van der Waals surface area contributed by atoms with Gasteiger partial charge >= 0.3 is 0 Å². The Bertz CT molecular complexity index is 321. The van der Waals surface area contributed by atoms with Crippen molar-refractivity contribution in [3.63, 3.8) is 0 Å². The van der Waals surface area contributed by atoms with Gasteiger partial charge in [-0.15, -0.1) is 0 Å². The molecule has 1 nitrogen and oxygen atoms in total. The summed E-state index contributed by atoms with van der Waals surface area (Å²) < 4.78 is 14.3. The van der Waals surface area contributed by atoms with Crippen molar-refractivity contribution in [3.8, 4) is 0 Å². The maximum Gasteiger partial charge on any atom is 0.147 e. The van der Waals surface area contributed by atoms with Gasteiger partial charge < -0.3 is 5.32 Å². The smallest absolute Gasteiger partial charge is 0.147 e. The Morgan fingerprint density at radius 1 is 1.06 bits per heavy atom. The summed E-state index contributed by atoms with van der Waals surface area (Å²) in [5, 5.41) is 3.16. The molecule has 0 aliphatic heterocycles. The number of hydrogen-bond acceptors (Lipinski definition) is 1. The highest BCUT2D eigenvalue weighted by Gasteiger charge is 2.04. The lowest BCUT2D eigenvalue weighted by atomic mass is 10.1. The van der Waals surface area contributed by atoms with Crippen molar-refractivity contribution in [1.29, 1.82) is 0 Å². The molecule has 1 N–H and O–H groups in total. The third-order valence-corrected chi connectivity index (χ3v) is 3.71. The zero-order valence-electron chi connectivity index (χ0n) is 11.1. The van der Waals surface area contributed by atoms with Crippen LogP contribution in [0.25, 0.3) is 0 Å². The Hall–Kier alpha value is -0.570.